The minimum atomic E-state index is -2.89. The predicted molar refractivity (Wildman–Crippen MR) is 130 cm³/mol. The first-order valence-corrected chi connectivity index (χ1v) is 12.3. The van der Waals surface area contributed by atoms with Gasteiger partial charge in [-0.3, -0.25) is 0 Å². The molecule has 3 aliphatic rings. The predicted octanol–water partition coefficient (Wildman–Crippen LogP) is 6.05. The first-order chi connectivity index (χ1) is 17.4. The second kappa shape index (κ2) is 8.89. The summed E-state index contributed by atoms with van der Waals surface area (Å²) in [6.45, 7) is -2.63. The van der Waals surface area contributed by atoms with Crippen LogP contribution in [-0.2, 0) is 10.3 Å². The van der Waals surface area contributed by atoms with Crippen LogP contribution < -0.4 is 4.74 Å². The number of piperidine rings is 1. The Morgan fingerprint density at radius 3 is 2.03 bits per heavy atom. The van der Waals surface area contributed by atoms with Crippen LogP contribution in [0.5, 0.6) is 5.75 Å². The van der Waals surface area contributed by atoms with Gasteiger partial charge >= 0.3 is 12.7 Å². The van der Waals surface area contributed by atoms with Crippen LogP contribution in [0.1, 0.15) is 48.3 Å². The Balaban J connectivity index is 1.15. The largest absolute Gasteiger partial charge is 0.448 e. The van der Waals surface area contributed by atoms with Gasteiger partial charge in [-0.15, -0.1) is 0 Å². The summed E-state index contributed by atoms with van der Waals surface area (Å²) in [6.07, 6.45) is 2.01. The Labute approximate surface area is 208 Å². The zero-order chi connectivity index (χ0) is 24.9. The molecule has 0 saturated carbocycles. The standard InChI is InChI=1S/C29H27F2NO4/c30-27(31)36-21-13-9-18(10-14-21)29(34)15-19-11-12-20(16-29)32(19)28(33)35-17-26-24-7-3-1-5-22(24)23-6-2-4-8-25(23)26/h1-10,13-14,19-20,26-27,34H,11-12,15-17H2. The molecule has 7 heteroatoms. The molecule has 1 N–H and O–H groups in total. The maximum atomic E-state index is 13.3. The molecule has 2 unspecified atom stereocenters. The molecule has 186 valence electrons. The van der Waals surface area contributed by atoms with Crippen molar-refractivity contribution < 1.29 is 28.2 Å². The Bertz CT molecular complexity index is 1220. The van der Waals surface area contributed by atoms with Crippen LogP contribution in [-0.4, -0.2) is 41.4 Å². The third-order valence-corrected chi connectivity index (χ3v) is 7.93. The minimum absolute atomic E-state index is 0.00491. The molecule has 36 heavy (non-hydrogen) atoms. The van der Waals surface area contributed by atoms with Crippen LogP contribution in [0.3, 0.4) is 0 Å². The maximum absolute atomic E-state index is 13.3. The van der Waals surface area contributed by atoms with E-state index in [1.165, 1.54) is 34.4 Å². The van der Waals surface area contributed by atoms with E-state index in [1.807, 2.05) is 24.3 Å². The molecule has 2 atom stereocenters. The maximum Gasteiger partial charge on any atom is 0.410 e. The number of benzene rings is 3. The van der Waals surface area contributed by atoms with E-state index < -0.39 is 12.2 Å². The van der Waals surface area contributed by atoms with Crippen molar-refractivity contribution in [3.63, 3.8) is 0 Å². The van der Waals surface area contributed by atoms with Crippen LogP contribution >= 0.6 is 0 Å². The fourth-order valence-electron chi connectivity index (χ4n) is 6.37. The highest BCUT2D eigenvalue weighted by atomic mass is 19.3. The van der Waals surface area contributed by atoms with E-state index in [9.17, 15) is 18.7 Å². The molecule has 2 bridgehead atoms. The van der Waals surface area contributed by atoms with Gasteiger partial charge in [0.1, 0.15) is 12.4 Å². The van der Waals surface area contributed by atoms with Crippen molar-refractivity contribution in [3.8, 4) is 16.9 Å². The van der Waals surface area contributed by atoms with Crippen LogP contribution in [0.25, 0.3) is 11.1 Å². The van der Waals surface area contributed by atoms with Crippen molar-refractivity contribution in [1.29, 1.82) is 0 Å². The SMILES string of the molecule is O=C(OCC1c2ccccc2-c2ccccc21)N1C2CCC1CC(O)(c1ccc(OC(F)F)cc1)C2. The van der Waals surface area contributed by atoms with Crippen LogP contribution in [0.2, 0.25) is 0 Å². The van der Waals surface area contributed by atoms with Crippen molar-refractivity contribution in [2.75, 3.05) is 6.61 Å². The van der Waals surface area contributed by atoms with Gasteiger partial charge in [-0.05, 0) is 52.8 Å². The van der Waals surface area contributed by atoms with Crippen molar-refractivity contribution in [2.24, 2.45) is 0 Å². The number of carbonyl (C=O) groups is 1. The second-order valence-electron chi connectivity index (χ2n) is 9.94. The van der Waals surface area contributed by atoms with E-state index in [0.29, 0.717) is 18.4 Å². The van der Waals surface area contributed by atoms with Gasteiger partial charge in [-0.25, -0.2) is 4.79 Å². The molecule has 2 aliphatic heterocycles. The van der Waals surface area contributed by atoms with Crippen LogP contribution in [0, 0.1) is 0 Å². The number of ether oxygens (including phenoxy) is 2. The van der Waals surface area contributed by atoms with Crippen molar-refractivity contribution in [3.05, 3.63) is 89.5 Å². The zero-order valence-electron chi connectivity index (χ0n) is 19.6. The summed E-state index contributed by atoms with van der Waals surface area (Å²) in [5.74, 6) is 0.0473. The van der Waals surface area contributed by atoms with E-state index in [2.05, 4.69) is 29.0 Å². The van der Waals surface area contributed by atoms with Gasteiger partial charge in [0, 0.05) is 30.8 Å². The Hall–Kier alpha value is -3.45. The number of carbonyl (C=O) groups excluding carboxylic acids is 1. The Kier molecular flexibility index (Phi) is 5.67. The fourth-order valence-corrected chi connectivity index (χ4v) is 6.37. The Morgan fingerprint density at radius 1 is 0.917 bits per heavy atom. The molecule has 0 radical (unpaired) electrons. The lowest BCUT2D eigenvalue weighted by molar-refractivity contribution is -0.0537. The number of halogens is 2. The average Bonchev–Trinajstić information content (AvgIpc) is 3.35. The number of alkyl halides is 2. The molecule has 5 nitrogen and oxygen atoms in total. The van der Waals surface area contributed by atoms with Crippen LogP contribution in [0.4, 0.5) is 13.6 Å². The van der Waals surface area contributed by atoms with E-state index >= 15 is 0 Å². The highest BCUT2D eigenvalue weighted by Gasteiger charge is 2.50. The number of rotatable bonds is 5. The monoisotopic (exact) mass is 491 g/mol. The normalized spacial score (nSPS) is 24.5. The van der Waals surface area contributed by atoms with Gasteiger partial charge < -0.3 is 19.5 Å². The third kappa shape index (κ3) is 3.91. The Morgan fingerprint density at radius 2 is 1.47 bits per heavy atom. The summed E-state index contributed by atoms with van der Waals surface area (Å²) in [4.78, 5) is 15.1. The topological polar surface area (TPSA) is 59.0 Å². The second-order valence-corrected chi connectivity index (χ2v) is 9.94. The fraction of sp³-hybridized carbons (Fsp3) is 0.345. The van der Waals surface area contributed by atoms with Crippen molar-refractivity contribution in [2.45, 2.75) is 55.9 Å². The molecular weight excluding hydrogens is 464 g/mol. The van der Waals surface area contributed by atoms with Crippen molar-refractivity contribution >= 4 is 6.09 Å². The highest BCUT2D eigenvalue weighted by molar-refractivity contribution is 5.79. The summed E-state index contributed by atoms with van der Waals surface area (Å²) < 4.78 is 35.3. The lowest BCUT2D eigenvalue weighted by atomic mass is 9.80. The molecule has 0 aromatic heterocycles. The molecule has 3 aromatic rings. The zero-order valence-corrected chi connectivity index (χ0v) is 19.6. The number of hydrogen-bond acceptors (Lipinski definition) is 4. The molecule has 2 heterocycles. The summed E-state index contributed by atoms with van der Waals surface area (Å²) >= 11 is 0. The molecule has 0 spiro atoms. The number of hydrogen-bond donors (Lipinski definition) is 1. The molecule has 2 fully saturated rings. The summed E-state index contributed by atoms with van der Waals surface area (Å²) in [7, 11) is 0. The van der Waals surface area contributed by atoms with Crippen LogP contribution in [0.15, 0.2) is 72.8 Å². The van der Waals surface area contributed by atoms with E-state index in [-0.39, 0.29) is 36.5 Å². The summed E-state index contributed by atoms with van der Waals surface area (Å²) in [5.41, 5.74) is 4.22. The molecule has 6 rings (SSSR count). The van der Waals surface area contributed by atoms with Gasteiger partial charge in [0.05, 0.1) is 5.60 Å². The lowest BCUT2D eigenvalue weighted by Gasteiger charge is -2.43. The minimum Gasteiger partial charge on any atom is -0.448 e. The first kappa shape index (κ1) is 23.0. The average molecular weight is 492 g/mol. The first-order valence-electron chi connectivity index (χ1n) is 12.3. The smallest absolute Gasteiger partial charge is 0.410 e. The summed E-state index contributed by atoms with van der Waals surface area (Å²) in [6, 6.07) is 22.3. The van der Waals surface area contributed by atoms with Gasteiger partial charge in [0.15, 0.2) is 0 Å². The summed E-state index contributed by atoms with van der Waals surface area (Å²) in [5, 5.41) is 11.4. The van der Waals surface area contributed by atoms with E-state index in [4.69, 9.17) is 4.74 Å². The molecule has 2 saturated heterocycles. The van der Waals surface area contributed by atoms with Gasteiger partial charge in [0.25, 0.3) is 0 Å². The number of aliphatic hydroxyl groups is 1. The number of amides is 1. The van der Waals surface area contributed by atoms with Gasteiger partial charge in [-0.1, -0.05) is 60.7 Å². The highest BCUT2D eigenvalue weighted by Crippen LogP contribution is 2.47. The third-order valence-electron chi connectivity index (χ3n) is 7.93. The number of fused-ring (bicyclic) bond motifs is 5. The molecular formula is C29H27F2NO4. The van der Waals surface area contributed by atoms with Gasteiger partial charge in [-0.2, -0.15) is 8.78 Å². The van der Waals surface area contributed by atoms with Crippen molar-refractivity contribution in [1.82, 2.24) is 4.90 Å². The molecule has 1 amide bonds. The van der Waals surface area contributed by atoms with E-state index in [1.54, 1.807) is 17.0 Å². The number of nitrogens with zero attached hydrogens (tertiary/aromatic N) is 1. The molecule has 3 aromatic carbocycles. The van der Waals surface area contributed by atoms with Gasteiger partial charge in [0.2, 0.25) is 0 Å². The lowest BCUT2D eigenvalue weighted by Crippen LogP contribution is -2.52. The quantitative estimate of drug-likeness (QED) is 0.472. The van der Waals surface area contributed by atoms with E-state index in [0.717, 1.165) is 12.8 Å². The molecule has 1 aliphatic carbocycles.